The fraction of sp³-hybridized carbons (Fsp3) is 0.909. The Bertz CT molecular complexity index is 170. The minimum atomic E-state index is 0.0733. The number of carbonyl (C=O) groups excluding carboxylic acids is 1. The first kappa shape index (κ1) is 14.4. The van der Waals surface area contributed by atoms with Crippen LogP contribution in [0.1, 0.15) is 33.6 Å². The number of amides is 1. The zero-order valence-electron chi connectivity index (χ0n) is 10.1. The van der Waals surface area contributed by atoms with Gasteiger partial charge in [-0.2, -0.15) is 0 Å². The average molecular weight is 216 g/mol. The van der Waals surface area contributed by atoms with Crippen molar-refractivity contribution in [1.29, 1.82) is 0 Å². The second-order valence-electron chi connectivity index (χ2n) is 3.80. The average Bonchev–Trinajstić information content (AvgIpc) is 2.22. The lowest BCUT2D eigenvalue weighted by molar-refractivity contribution is -0.122. The van der Waals surface area contributed by atoms with Crippen molar-refractivity contribution in [3.63, 3.8) is 0 Å². The lowest BCUT2D eigenvalue weighted by Gasteiger charge is -2.19. The van der Waals surface area contributed by atoms with E-state index in [-0.39, 0.29) is 18.6 Å². The van der Waals surface area contributed by atoms with Crippen LogP contribution in [0.3, 0.4) is 0 Å². The highest BCUT2D eigenvalue weighted by Crippen LogP contribution is 1.95. The molecule has 4 nitrogen and oxygen atoms in total. The summed E-state index contributed by atoms with van der Waals surface area (Å²) in [5, 5.41) is 11.6. The molecule has 0 radical (unpaired) electrons. The molecule has 0 fully saturated rings. The van der Waals surface area contributed by atoms with Crippen molar-refractivity contribution in [3.8, 4) is 0 Å². The second-order valence-corrected chi connectivity index (χ2v) is 3.80. The summed E-state index contributed by atoms with van der Waals surface area (Å²) in [6.07, 6.45) is 1.58. The van der Waals surface area contributed by atoms with Crippen molar-refractivity contribution in [1.82, 2.24) is 10.2 Å². The molecule has 0 spiro atoms. The molecule has 1 amide bonds. The minimum Gasteiger partial charge on any atom is -0.396 e. The zero-order chi connectivity index (χ0) is 11.7. The summed E-state index contributed by atoms with van der Waals surface area (Å²) < 4.78 is 0. The van der Waals surface area contributed by atoms with Gasteiger partial charge in [-0.05, 0) is 32.9 Å². The molecule has 0 aromatic carbocycles. The van der Waals surface area contributed by atoms with Crippen LogP contribution in [0.2, 0.25) is 0 Å². The molecule has 0 aliphatic carbocycles. The highest BCUT2D eigenvalue weighted by Gasteiger charge is 2.09. The van der Waals surface area contributed by atoms with Gasteiger partial charge >= 0.3 is 0 Å². The van der Waals surface area contributed by atoms with Crippen molar-refractivity contribution in [3.05, 3.63) is 0 Å². The standard InChI is InChI=1S/C11H24N2O2/c1-4-13(5-2)9-11(15)12-10(3)7-6-8-14/h10,14H,4-9H2,1-3H3,(H,12,15). The molecular weight excluding hydrogens is 192 g/mol. The predicted molar refractivity (Wildman–Crippen MR) is 61.7 cm³/mol. The molecular formula is C11H24N2O2. The normalized spacial score (nSPS) is 12.9. The van der Waals surface area contributed by atoms with E-state index in [0.29, 0.717) is 6.54 Å². The van der Waals surface area contributed by atoms with Crippen LogP contribution in [0.25, 0.3) is 0 Å². The van der Waals surface area contributed by atoms with Crippen LogP contribution in [0.4, 0.5) is 0 Å². The van der Waals surface area contributed by atoms with Gasteiger partial charge in [0, 0.05) is 12.6 Å². The van der Waals surface area contributed by atoms with Crippen molar-refractivity contribution >= 4 is 5.91 Å². The number of aliphatic hydroxyl groups is 1. The summed E-state index contributed by atoms with van der Waals surface area (Å²) in [7, 11) is 0. The maximum Gasteiger partial charge on any atom is 0.234 e. The molecule has 0 heterocycles. The van der Waals surface area contributed by atoms with Crippen LogP contribution in [-0.4, -0.2) is 48.2 Å². The molecule has 4 heteroatoms. The number of carbonyl (C=O) groups is 1. The largest absolute Gasteiger partial charge is 0.396 e. The van der Waals surface area contributed by atoms with E-state index in [1.165, 1.54) is 0 Å². The first-order valence-electron chi connectivity index (χ1n) is 5.76. The third-order valence-electron chi connectivity index (χ3n) is 2.46. The molecule has 0 aromatic rings. The Morgan fingerprint density at radius 1 is 1.40 bits per heavy atom. The lowest BCUT2D eigenvalue weighted by Crippen LogP contribution is -2.41. The quantitative estimate of drug-likeness (QED) is 0.625. The molecule has 0 bridgehead atoms. The summed E-state index contributed by atoms with van der Waals surface area (Å²) in [6, 6.07) is 0.153. The first-order valence-corrected chi connectivity index (χ1v) is 5.76. The summed E-state index contributed by atoms with van der Waals surface area (Å²) >= 11 is 0. The summed E-state index contributed by atoms with van der Waals surface area (Å²) in [4.78, 5) is 13.6. The van der Waals surface area contributed by atoms with E-state index in [9.17, 15) is 4.79 Å². The molecule has 0 saturated carbocycles. The second kappa shape index (κ2) is 8.68. The predicted octanol–water partition coefficient (Wildman–Crippen LogP) is 0.605. The van der Waals surface area contributed by atoms with Gasteiger partial charge in [0.2, 0.25) is 5.91 Å². The highest BCUT2D eigenvalue weighted by atomic mass is 16.2. The van der Waals surface area contributed by atoms with Gasteiger partial charge in [0.05, 0.1) is 6.54 Å². The van der Waals surface area contributed by atoms with E-state index in [1.807, 2.05) is 20.8 Å². The van der Waals surface area contributed by atoms with Crippen LogP contribution in [0.15, 0.2) is 0 Å². The molecule has 1 unspecified atom stereocenters. The fourth-order valence-corrected chi connectivity index (χ4v) is 1.44. The molecule has 15 heavy (non-hydrogen) atoms. The Kier molecular flexibility index (Phi) is 8.33. The molecule has 1 atom stereocenters. The van der Waals surface area contributed by atoms with Crippen LogP contribution >= 0.6 is 0 Å². The molecule has 2 N–H and O–H groups in total. The smallest absolute Gasteiger partial charge is 0.234 e. The molecule has 0 aromatic heterocycles. The Labute approximate surface area is 92.7 Å². The molecule has 90 valence electrons. The van der Waals surface area contributed by atoms with E-state index in [4.69, 9.17) is 5.11 Å². The highest BCUT2D eigenvalue weighted by molar-refractivity contribution is 5.78. The number of rotatable bonds is 8. The summed E-state index contributed by atoms with van der Waals surface area (Å²) in [6.45, 7) is 8.52. The van der Waals surface area contributed by atoms with Gasteiger partial charge in [0.15, 0.2) is 0 Å². The van der Waals surface area contributed by atoms with E-state index >= 15 is 0 Å². The fourth-order valence-electron chi connectivity index (χ4n) is 1.44. The Hall–Kier alpha value is -0.610. The van der Waals surface area contributed by atoms with Crippen molar-refractivity contribution < 1.29 is 9.90 Å². The summed E-state index contributed by atoms with van der Waals surface area (Å²) in [5.41, 5.74) is 0. The topological polar surface area (TPSA) is 52.6 Å². The van der Waals surface area contributed by atoms with E-state index in [0.717, 1.165) is 25.9 Å². The first-order chi connectivity index (χ1) is 7.13. The van der Waals surface area contributed by atoms with Gasteiger partial charge in [-0.1, -0.05) is 13.8 Å². The van der Waals surface area contributed by atoms with Gasteiger partial charge in [0.25, 0.3) is 0 Å². The Morgan fingerprint density at radius 2 is 2.00 bits per heavy atom. The lowest BCUT2D eigenvalue weighted by atomic mass is 10.2. The van der Waals surface area contributed by atoms with Crippen LogP contribution in [0, 0.1) is 0 Å². The van der Waals surface area contributed by atoms with E-state index in [1.54, 1.807) is 0 Å². The van der Waals surface area contributed by atoms with E-state index in [2.05, 4.69) is 10.2 Å². The van der Waals surface area contributed by atoms with Gasteiger partial charge in [-0.3, -0.25) is 9.69 Å². The number of nitrogens with zero attached hydrogens (tertiary/aromatic N) is 1. The molecule has 0 saturated heterocycles. The van der Waals surface area contributed by atoms with Gasteiger partial charge in [-0.15, -0.1) is 0 Å². The Balaban J connectivity index is 3.71. The zero-order valence-corrected chi connectivity index (χ0v) is 10.1. The van der Waals surface area contributed by atoms with Gasteiger partial charge < -0.3 is 10.4 Å². The number of hydrogen-bond acceptors (Lipinski definition) is 3. The monoisotopic (exact) mass is 216 g/mol. The summed E-state index contributed by atoms with van der Waals surface area (Å²) in [5.74, 6) is 0.0733. The van der Waals surface area contributed by atoms with E-state index < -0.39 is 0 Å². The number of nitrogens with one attached hydrogen (secondary N) is 1. The minimum absolute atomic E-state index is 0.0733. The van der Waals surface area contributed by atoms with Crippen molar-refractivity contribution in [2.24, 2.45) is 0 Å². The van der Waals surface area contributed by atoms with Crippen LogP contribution in [0.5, 0.6) is 0 Å². The molecule has 0 rings (SSSR count). The number of likely N-dealkylation sites (N-methyl/N-ethyl adjacent to an activating group) is 1. The third kappa shape index (κ3) is 7.33. The van der Waals surface area contributed by atoms with Gasteiger partial charge in [0.1, 0.15) is 0 Å². The SMILES string of the molecule is CCN(CC)CC(=O)NC(C)CCCO. The maximum absolute atomic E-state index is 11.5. The van der Waals surface area contributed by atoms with Crippen LogP contribution < -0.4 is 5.32 Å². The number of aliphatic hydroxyl groups excluding tert-OH is 1. The maximum atomic E-state index is 11.5. The molecule has 0 aliphatic heterocycles. The van der Waals surface area contributed by atoms with Crippen LogP contribution in [-0.2, 0) is 4.79 Å². The molecule has 0 aliphatic rings. The third-order valence-corrected chi connectivity index (χ3v) is 2.46. The Morgan fingerprint density at radius 3 is 2.47 bits per heavy atom. The van der Waals surface area contributed by atoms with Crippen molar-refractivity contribution in [2.75, 3.05) is 26.2 Å². The number of hydrogen-bond donors (Lipinski definition) is 2. The van der Waals surface area contributed by atoms with Crippen molar-refractivity contribution in [2.45, 2.75) is 39.7 Å². The van der Waals surface area contributed by atoms with Gasteiger partial charge in [-0.25, -0.2) is 0 Å².